The quantitative estimate of drug-likeness (QED) is 0.571. The Labute approximate surface area is 166 Å². The summed E-state index contributed by atoms with van der Waals surface area (Å²) >= 11 is 0. The number of hydrogen-bond donors (Lipinski definition) is 1. The molecular formula is C23H27N3O2. The van der Waals surface area contributed by atoms with Gasteiger partial charge in [0, 0.05) is 12.8 Å². The molecular weight excluding hydrogens is 350 g/mol. The maximum absolute atomic E-state index is 11.5. The number of aryl methyl sites for hydroxylation is 2. The summed E-state index contributed by atoms with van der Waals surface area (Å²) in [5, 5.41) is 14.1. The van der Waals surface area contributed by atoms with E-state index in [0.29, 0.717) is 12.1 Å². The van der Waals surface area contributed by atoms with Crippen LogP contribution in [0.2, 0.25) is 0 Å². The van der Waals surface area contributed by atoms with Crippen LogP contribution in [0, 0.1) is 0 Å². The third-order valence-electron chi connectivity index (χ3n) is 4.77. The topological polar surface area (TPSA) is 68.0 Å². The first kappa shape index (κ1) is 19.8. The van der Waals surface area contributed by atoms with Gasteiger partial charge in [0.25, 0.3) is 0 Å². The minimum atomic E-state index is -0.911. The molecule has 0 bridgehead atoms. The summed E-state index contributed by atoms with van der Waals surface area (Å²) in [5.41, 5.74) is 3.08. The number of unbranched alkanes of at least 4 members (excludes halogenated alkanes) is 1. The fraction of sp³-hybridized carbons (Fsp3) is 0.348. The van der Waals surface area contributed by atoms with Crippen molar-refractivity contribution in [2.24, 2.45) is 0 Å². The van der Waals surface area contributed by atoms with E-state index in [9.17, 15) is 9.90 Å². The van der Waals surface area contributed by atoms with Crippen LogP contribution in [0.4, 0.5) is 0 Å². The first-order valence-corrected chi connectivity index (χ1v) is 9.96. The number of aromatic nitrogens is 3. The molecule has 0 atom stereocenters. The van der Waals surface area contributed by atoms with Crippen LogP contribution < -0.4 is 0 Å². The average molecular weight is 377 g/mol. The molecule has 0 aliphatic heterocycles. The standard InChI is InChI=1S/C23H27N3O2/c1-3-5-11-21-24-22(8-4-2)26(25-21)16-17-12-14-18(15-13-17)19-9-6-7-10-20(19)23(27)28/h6-7,9-10,12-15H,3-5,8,11,16H2,1-2H3,(H,27,28). The molecule has 0 amide bonds. The second-order valence-corrected chi connectivity index (χ2v) is 7.00. The van der Waals surface area contributed by atoms with Crippen molar-refractivity contribution >= 4 is 5.97 Å². The number of rotatable bonds is 9. The minimum Gasteiger partial charge on any atom is -0.478 e. The molecule has 0 aliphatic carbocycles. The number of carboxylic acid groups (broad SMARTS) is 1. The number of carboxylic acids is 1. The van der Waals surface area contributed by atoms with E-state index in [0.717, 1.165) is 60.4 Å². The lowest BCUT2D eigenvalue weighted by Gasteiger charge is -2.09. The van der Waals surface area contributed by atoms with Crippen LogP contribution in [0.15, 0.2) is 48.5 Å². The van der Waals surface area contributed by atoms with Gasteiger partial charge in [-0.3, -0.25) is 0 Å². The Hall–Kier alpha value is -2.95. The molecule has 0 spiro atoms. The van der Waals surface area contributed by atoms with Gasteiger partial charge < -0.3 is 5.11 Å². The normalized spacial score (nSPS) is 10.9. The Balaban J connectivity index is 1.81. The molecule has 0 aliphatic rings. The van der Waals surface area contributed by atoms with Crippen molar-refractivity contribution in [1.82, 2.24) is 14.8 Å². The van der Waals surface area contributed by atoms with E-state index in [-0.39, 0.29) is 0 Å². The van der Waals surface area contributed by atoms with Crippen molar-refractivity contribution in [3.8, 4) is 11.1 Å². The van der Waals surface area contributed by atoms with E-state index in [1.54, 1.807) is 12.1 Å². The van der Waals surface area contributed by atoms with Gasteiger partial charge in [0.05, 0.1) is 12.1 Å². The van der Waals surface area contributed by atoms with E-state index < -0.39 is 5.97 Å². The van der Waals surface area contributed by atoms with Crippen LogP contribution in [0.3, 0.4) is 0 Å². The van der Waals surface area contributed by atoms with Gasteiger partial charge in [-0.25, -0.2) is 14.5 Å². The van der Waals surface area contributed by atoms with E-state index >= 15 is 0 Å². The van der Waals surface area contributed by atoms with Gasteiger partial charge in [-0.05, 0) is 35.6 Å². The molecule has 5 nitrogen and oxygen atoms in total. The summed E-state index contributed by atoms with van der Waals surface area (Å²) in [6.45, 7) is 5.00. The van der Waals surface area contributed by atoms with E-state index in [1.165, 1.54) is 0 Å². The molecule has 2 aromatic carbocycles. The number of hydrogen-bond acceptors (Lipinski definition) is 3. The Morgan fingerprint density at radius 3 is 2.43 bits per heavy atom. The number of benzene rings is 2. The third kappa shape index (κ3) is 4.66. The minimum absolute atomic E-state index is 0.317. The Bertz CT molecular complexity index is 929. The smallest absolute Gasteiger partial charge is 0.336 e. The molecule has 0 saturated carbocycles. The molecule has 0 fully saturated rings. The summed E-state index contributed by atoms with van der Waals surface area (Å²) in [7, 11) is 0. The van der Waals surface area contributed by atoms with E-state index in [4.69, 9.17) is 10.1 Å². The lowest BCUT2D eigenvalue weighted by atomic mass is 9.99. The second-order valence-electron chi connectivity index (χ2n) is 7.00. The predicted molar refractivity (Wildman–Crippen MR) is 111 cm³/mol. The van der Waals surface area contributed by atoms with Crippen molar-refractivity contribution in [2.45, 2.75) is 52.5 Å². The van der Waals surface area contributed by atoms with E-state index in [1.807, 2.05) is 41.1 Å². The molecule has 3 aromatic rings. The van der Waals surface area contributed by atoms with Gasteiger partial charge >= 0.3 is 5.97 Å². The molecule has 0 radical (unpaired) electrons. The van der Waals surface area contributed by atoms with Crippen molar-refractivity contribution < 1.29 is 9.90 Å². The largest absolute Gasteiger partial charge is 0.478 e. The maximum Gasteiger partial charge on any atom is 0.336 e. The van der Waals surface area contributed by atoms with Crippen molar-refractivity contribution in [2.75, 3.05) is 0 Å². The molecule has 1 heterocycles. The van der Waals surface area contributed by atoms with Crippen molar-refractivity contribution in [1.29, 1.82) is 0 Å². The highest BCUT2D eigenvalue weighted by Gasteiger charge is 2.12. The zero-order chi connectivity index (χ0) is 19.9. The highest BCUT2D eigenvalue weighted by molar-refractivity contribution is 5.95. The SMILES string of the molecule is CCCCc1nc(CCC)n(Cc2ccc(-c3ccccc3C(=O)O)cc2)n1. The molecule has 3 rings (SSSR count). The van der Waals surface area contributed by atoms with Crippen LogP contribution in [-0.2, 0) is 19.4 Å². The predicted octanol–water partition coefficient (Wildman–Crippen LogP) is 4.99. The van der Waals surface area contributed by atoms with Gasteiger partial charge in [0.15, 0.2) is 5.82 Å². The molecule has 1 aromatic heterocycles. The lowest BCUT2D eigenvalue weighted by molar-refractivity contribution is 0.0697. The fourth-order valence-corrected chi connectivity index (χ4v) is 3.29. The summed E-state index contributed by atoms with van der Waals surface area (Å²) < 4.78 is 2.01. The second kappa shape index (κ2) is 9.31. The summed E-state index contributed by atoms with van der Waals surface area (Å²) in [6, 6.07) is 15.1. The zero-order valence-electron chi connectivity index (χ0n) is 16.6. The molecule has 146 valence electrons. The first-order valence-electron chi connectivity index (χ1n) is 9.96. The first-order chi connectivity index (χ1) is 13.6. The van der Waals surface area contributed by atoms with Gasteiger partial charge in [-0.1, -0.05) is 62.7 Å². The maximum atomic E-state index is 11.5. The van der Waals surface area contributed by atoms with Crippen molar-refractivity contribution in [3.63, 3.8) is 0 Å². The number of carbonyl (C=O) groups is 1. The lowest BCUT2D eigenvalue weighted by Crippen LogP contribution is -2.07. The summed E-state index contributed by atoms with van der Waals surface area (Å²) in [5.74, 6) is 1.05. The third-order valence-corrected chi connectivity index (χ3v) is 4.77. The van der Waals surface area contributed by atoms with Crippen LogP contribution in [-0.4, -0.2) is 25.8 Å². The Morgan fingerprint density at radius 1 is 1.00 bits per heavy atom. The molecule has 0 saturated heterocycles. The summed E-state index contributed by atoms with van der Waals surface area (Å²) in [6.07, 6.45) is 5.12. The van der Waals surface area contributed by atoms with Crippen LogP contribution >= 0.6 is 0 Å². The highest BCUT2D eigenvalue weighted by atomic mass is 16.4. The zero-order valence-corrected chi connectivity index (χ0v) is 16.6. The average Bonchev–Trinajstić information content (AvgIpc) is 3.08. The highest BCUT2D eigenvalue weighted by Crippen LogP contribution is 2.24. The van der Waals surface area contributed by atoms with Gasteiger partial charge in [-0.15, -0.1) is 0 Å². The number of nitrogens with zero attached hydrogens (tertiary/aromatic N) is 3. The Kier molecular flexibility index (Phi) is 6.58. The molecule has 28 heavy (non-hydrogen) atoms. The van der Waals surface area contributed by atoms with Gasteiger partial charge in [-0.2, -0.15) is 5.10 Å². The molecule has 1 N–H and O–H groups in total. The monoisotopic (exact) mass is 377 g/mol. The van der Waals surface area contributed by atoms with Gasteiger partial charge in [0.2, 0.25) is 0 Å². The van der Waals surface area contributed by atoms with E-state index in [2.05, 4.69) is 13.8 Å². The summed E-state index contributed by atoms with van der Waals surface area (Å²) in [4.78, 5) is 16.2. The van der Waals surface area contributed by atoms with Gasteiger partial charge in [0.1, 0.15) is 5.82 Å². The van der Waals surface area contributed by atoms with Crippen LogP contribution in [0.25, 0.3) is 11.1 Å². The van der Waals surface area contributed by atoms with Crippen molar-refractivity contribution in [3.05, 3.63) is 71.3 Å². The fourth-order valence-electron chi connectivity index (χ4n) is 3.29. The van der Waals surface area contributed by atoms with Crippen LogP contribution in [0.5, 0.6) is 0 Å². The molecule has 0 unspecified atom stereocenters. The molecule has 5 heteroatoms. The Morgan fingerprint density at radius 2 is 1.75 bits per heavy atom. The van der Waals surface area contributed by atoms with Crippen LogP contribution in [0.1, 0.15) is 60.7 Å². The number of aromatic carboxylic acids is 1.